The predicted octanol–water partition coefficient (Wildman–Crippen LogP) is 3.71. The van der Waals surface area contributed by atoms with Crippen LogP contribution in [-0.2, 0) is 24.5 Å². The van der Waals surface area contributed by atoms with Crippen LogP contribution in [0.4, 0.5) is 0 Å². The number of ether oxygens (including phenoxy) is 1. The van der Waals surface area contributed by atoms with E-state index in [0.29, 0.717) is 18.6 Å². The van der Waals surface area contributed by atoms with E-state index >= 15 is 0 Å². The van der Waals surface area contributed by atoms with Crippen LogP contribution in [0.5, 0.6) is 5.75 Å². The molecule has 0 radical (unpaired) electrons. The lowest BCUT2D eigenvalue weighted by Crippen LogP contribution is -2.34. The van der Waals surface area contributed by atoms with E-state index in [1.165, 1.54) is 12.1 Å². The van der Waals surface area contributed by atoms with Gasteiger partial charge in [0.1, 0.15) is 11.9 Å². The summed E-state index contributed by atoms with van der Waals surface area (Å²) in [6, 6.07) is 12.1. The SMILES string of the molecule is COc1ccc(C)cc1[C@@]1(C)CC[C@@H](OS(=O)(=O)c2ccc(C)cc2)C1=O. The van der Waals surface area contributed by atoms with Crippen molar-refractivity contribution in [1.82, 2.24) is 0 Å². The Morgan fingerprint density at radius 2 is 1.67 bits per heavy atom. The van der Waals surface area contributed by atoms with Crippen molar-refractivity contribution in [3.8, 4) is 5.75 Å². The molecule has 1 fully saturated rings. The molecule has 1 saturated carbocycles. The number of carbonyl (C=O) groups is 1. The second kappa shape index (κ2) is 7.09. The molecule has 0 bridgehead atoms. The molecule has 27 heavy (non-hydrogen) atoms. The van der Waals surface area contributed by atoms with E-state index in [1.54, 1.807) is 19.2 Å². The molecule has 6 heteroatoms. The Labute approximate surface area is 160 Å². The molecule has 5 nitrogen and oxygen atoms in total. The van der Waals surface area contributed by atoms with Gasteiger partial charge in [0.05, 0.1) is 17.4 Å². The first-order valence-electron chi connectivity index (χ1n) is 8.87. The highest BCUT2D eigenvalue weighted by Gasteiger charge is 2.49. The molecule has 0 saturated heterocycles. The third kappa shape index (κ3) is 3.64. The van der Waals surface area contributed by atoms with Crippen molar-refractivity contribution in [2.75, 3.05) is 7.11 Å². The fourth-order valence-corrected chi connectivity index (χ4v) is 4.63. The molecular formula is C21H24O5S. The predicted molar refractivity (Wildman–Crippen MR) is 103 cm³/mol. The van der Waals surface area contributed by atoms with Crippen molar-refractivity contribution in [2.24, 2.45) is 0 Å². The van der Waals surface area contributed by atoms with Crippen LogP contribution in [0.25, 0.3) is 0 Å². The molecule has 1 aliphatic carbocycles. The van der Waals surface area contributed by atoms with E-state index in [9.17, 15) is 13.2 Å². The van der Waals surface area contributed by atoms with E-state index in [1.807, 2.05) is 39.0 Å². The number of carbonyl (C=O) groups excluding carboxylic acids is 1. The lowest BCUT2D eigenvalue weighted by atomic mass is 9.79. The minimum atomic E-state index is -4.00. The van der Waals surface area contributed by atoms with Gasteiger partial charge in [0.25, 0.3) is 10.1 Å². The number of ketones is 1. The Bertz CT molecular complexity index is 963. The number of aryl methyl sites for hydroxylation is 2. The zero-order valence-corrected chi connectivity index (χ0v) is 16.8. The third-order valence-corrected chi connectivity index (χ3v) is 6.58. The summed E-state index contributed by atoms with van der Waals surface area (Å²) in [6.45, 7) is 5.65. The maximum atomic E-state index is 13.1. The number of Topliss-reactive ketones (excluding diaryl/α,β-unsaturated/α-hetero) is 1. The van der Waals surface area contributed by atoms with Crippen molar-refractivity contribution in [1.29, 1.82) is 0 Å². The van der Waals surface area contributed by atoms with Crippen molar-refractivity contribution in [3.05, 3.63) is 59.2 Å². The lowest BCUT2D eigenvalue weighted by molar-refractivity contribution is -0.127. The van der Waals surface area contributed by atoms with Crippen LogP contribution in [0.3, 0.4) is 0 Å². The topological polar surface area (TPSA) is 69.7 Å². The number of hydrogen-bond donors (Lipinski definition) is 0. The van der Waals surface area contributed by atoms with Gasteiger partial charge in [-0.15, -0.1) is 0 Å². The Hall–Kier alpha value is -2.18. The molecule has 144 valence electrons. The molecule has 0 amide bonds. The quantitative estimate of drug-likeness (QED) is 0.731. The maximum Gasteiger partial charge on any atom is 0.297 e. The van der Waals surface area contributed by atoms with Gasteiger partial charge in [-0.2, -0.15) is 8.42 Å². The maximum absolute atomic E-state index is 13.1. The van der Waals surface area contributed by atoms with Crippen LogP contribution in [-0.4, -0.2) is 27.4 Å². The Balaban J connectivity index is 1.89. The first-order valence-corrected chi connectivity index (χ1v) is 10.3. The van der Waals surface area contributed by atoms with Crippen LogP contribution in [0.15, 0.2) is 47.4 Å². The second-order valence-corrected chi connectivity index (χ2v) is 8.86. The largest absolute Gasteiger partial charge is 0.496 e. The van der Waals surface area contributed by atoms with Crippen molar-refractivity contribution < 1.29 is 22.1 Å². The summed E-state index contributed by atoms with van der Waals surface area (Å²) < 4.78 is 35.9. The Morgan fingerprint density at radius 3 is 2.30 bits per heavy atom. The summed E-state index contributed by atoms with van der Waals surface area (Å²) in [5.41, 5.74) is 1.89. The smallest absolute Gasteiger partial charge is 0.297 e. The first kappa shape index (κ1) is 19.6. The summed E-state index contributed by atoms with van der Waals surface area (Å²) in [5.74, 6) is 0.389. The summed E-state index contributed by atoms with van der Waals surface area (Å²) in [7, 11) is -2.44. The molecule has 0 aliphatic heterocycles. The van der Waals surface area contributed by atoms with Gasteiger partial charge in [-0.1, -0.05) is 35.4 Å². The van der Waals surface area contributed by atoms with Crippen molar-refractivity contribution in [2.45, 2.75) is 50.0 Å². The number of hydrogen-bond acceptors (Lipinski definition) is 5. The standard InChI is InChI=1S/C21H24O5S/c1-14-5-8-16(9-6-14)27(23,24)26-19-11-12-21(3,20(19)22)17-13-15(2)7-10-18(17)25-4/h5-10,13,19H,11-12H2,1-4H3/t19-,21-/m1/s1. The molecule has 2 atom stereocenters. The fraction of sp³-hybridized carbons (Fsp3) is 0.381. The number of methoxy groups -OCH3 is 1. The van der Waals surface area contributed by atoms with Crippen molar-refractivity contribution >= 4 is 15.9 Å². The fourth-order valence-electron chi connectivity index (χ4n) is 3.56. The highest BCUT2D eigenvalue weighted by molar-refractivity contribution is 7.86. The van der Waals surface area contributed by atoms with Crippen molar-refractivity contribution in [3.63, 3.8) is 0 Å². The average molecular weight is 388 g/mol. The summed E-state index contributed by atoms with van der Waals surface area (Å²) in [4.78, 5) is 13.2. The molecule has 0 spiro atoms. The number of rotatable bonds is 5. The van der Waals surface area contributed by atoms with Gasteiger partial charge in [0.15, 0.2) is 5.78 Å². The molecule has 0 unspecified atom stereocenters. The molecule has 0 aromatic heterocycles. The number of benzene rings is 2. The summed E-state index contributed by atoms with van der Waals surface area (Å²) >= 11 is 0. The molecule has 1 aliphatic rings. The van der Waals surface area contributed by atoms with Gasteiger partial charge in [-0.3, -0.25) is 8.98 Å². The van der Waals surface area contributed by atoms with Gasteiger partial charge >= 0.3 is 0 Å². The van der Waals surface area contributed by atoms with Crippen LogP contribution in [0, 0.1) is 13.8 Å². The van der Waals surface area contributed by atoms with Gasteiger partial charge in [-0.25, -0.2) is 0 Å². The van der Waals surface area contributed by atoms with Gasteiger partial charge < -0.3 is 4.74 Å². The van der Waals surface area contributed by atoms with E-state index in [0.717, 1.165) is 16.7 Å². The van der Waals surface area contributed by atoms with E-state index in [2.05, 4.69) is 0 Å². The van der Waals surface area contributed by atoms with Crippen LogP contribution in [0.1, 0.15) is 36.5 Å². The van der Waals surface area contributed by atoms with E-state index in [-0.39, 0.29) is 10.7 Å². The van der Waals surface area contributed by atoms with Crippen LogP contribution in [0.2, 0.25) is 0 Å². The monoisotopic (exact) mass is 388 g/mol. The molecule has 0 N–H and O–H groups in total. The van der Waals surface area contributed by atoms with Crippen LogP contribution < -0.4 is 4.74 Å². The molecule has 2 aromatic carbocycles. The average Bonchev–Trinajstić information content (AvgIpc) is 2.91. The lowest BCUT2D eigenvalue weighted by Gasteiger charge is -2.25. The highest BCUT2D eigenvalue weighted by Crippen LogP contribution is 2.44. The Kier molecular flexibility index (Phi) is 5.14. The van der Waals surface area contributed by atoms with E-state index in [4.69, 9.17) is 8.92 Å². The molecular weight excluding hydrogens is 364 g/mol. The minimum absolute atomic E-state index is 0.0580. The van der Waals surface area contributed by atoms with E-state index < -0.39 is 21.6 Å². The van der Waals surface area contributed by atoms with Gasteiger partial charge in [0, 0.05) is 5.56 Å². The van der Waals surface area contributed by atoms with Gasteiger partial charge in [-0.05, 0) is 51.8 Å². The summed E-state index contributed by atoms with van der Waals surface area (Å²) in [6.07, 6.45) is -0.149. The first-order chi connectivity index (χ1) is 12.7. The summed E-state index contributed by atoms with van der Waals surface area (Å²) in [5, 5.41) is 0. The van der Waals surface area contributed by atoms with Gasteiger partial charge in [0.2, 0.25) is 0 Å². The molecule has 2 aromatic rings. The zero-order chi connectivity index (χ0) is 19.8. The second-order valence-electron chi connectivity index (χ2n) is 7.29. The normalized spacial score (nSPS) is 22.8. The highest BCUT2D eigenvalue weighted by atomic mass is 32.2. The van der Waals surface area contributed by atoms with Crippen LogP contribution >= 0.6 is 0 Å². The molecule has 0 heterocycles. The zero-order valence-electron chi connectivity index (χ0n) is 16.0. The Morgan fingerprint density at radius 1 is 1.04 bits per heavy atom. The third-order valence-electron chi connectivity index (χ3n) is 5.24. The molecule has 3 rings (SSSR count). The minimum Gasteiger partial charge on any atom is -0.496 e.